The summed E-state index contributed by atoms with van der Waals surface area (Å²) in [6.45, 7) is 4.97. The Hall–Kier alpha value is -0.610. The molecule has 0 aliphatic heterocycles. The smallest absolute Gasteiger partial charge is 0.222 e. The van der Waals surface area contributed by atoms with Crippen molar-refractivity contribution in [3.05, 3.63) is 0 Å². The van der Waals surface area contributed by atoms with Gasteiger partial charge in [-0.2, -0.15) is 0 Å². The molecule has 1 amide bonds. The van der Waals surface area contributed by atoms with Gasteiger partial charge >= 0.3 is 0 Å². The van der Waals surface area contributed by atoms with Gasteiger partial charge < -0.3 is 15.0 Å². The van der Waals surface area contributed by atoms with Crippen LogP contribution in [0.1, 0.15) is 26.7 Å². The Balaban J connectivity index is 3.50. The molecule has 0 aromatic carbocycles. The third-order valence-electron chi connectivity index (χ3n) is 2.61. The summed E-state index contributed by atoms with van der Waals surface area (Å²) in [5, 5.41) is 3.33. The van der Waals surface area contributed by atoms with Crippen molar-refractivity contribution in [2.24, 2.45) is 0 Å². The number of methoxy groups -OCH3 is 1. The summed E-state index contributed by atoms with van der Waals surface area (Å²) in [7, 11) is 5.27. The number of hydrogen-bond donors (Lipinski definition) is 1. The molecule has 15 heavy (non-hydrogen) atoms. The molecule has 0 aliphatic rings. The Bertz CT molecular complexity index is 183. The van der Waals surface area contributed by atoms with E-state index >= 15 is 0 Å². The zero-order chi connectivity index (χ0) is 11.8. The summed E-state index contributed by atoms with van der Waals surface area (Å²) >= 11 is 0. The fraction of sp³-hybridized carbons (Fsp3) is 0.909. The Morgan fingerprint density at radius 3 is 2.47 bits per heavy atom. The van der Waals surface area contributed by atoms with Crippen molar-refractivity contribution in [1.29, 1.82) is 0 Å². The van der Waals surface area contributed by atoms with Crippen molar-refractivity contribution in [1.82, 2.24) is 10.2 Å². The van der Waals surface area contributed by atoms with E-state index < -0.39 is 0 Å². The largest absolute Gasteiger partial charge is 0.380 e. The number of amides is 1. The summed E-state index contributed by atoms with van der Waals surface area (Å²) in [6, 6.07) is 0.324. The van der Waals surface area contributed by atoms with Crippen LogP contribution in [0.15, 0.2) is 0 Å². The molecule has 0 aromatic rings. The van der Waals surface area contributed by atoms with Crippen LogP contribution in [0.2, 0.25) is 0 Å². The third-order valence-corrected chi connectivity index (χ3v) is 2.61. The van der Waals surface area contributed by atoms with Gasteiger partial charge in [0.25, 0.3) is 0 Å². The minimum atomic E-state index is 0.184. The Kier molecular flexibility index (Phi) is 7.34. The molecule has 0 spiro atoms. The quantitative estimate of drug-likeness (QED) is 0.642. The van der Waals surface area contributed by atoms with Crippen molar-refractivity contribution in [3.63, 3.8) is 0 Å². The van der Waals surface area contributed by atoms with Gasteiger partial charge in [0, 0.05) is 33.7 Å². The van der Waals surface area contributed by atoms with Crippen LogP contribution < -0.4 is 5.32 Å². The highest BCUT2D eigenvalue weighted by Crippen LogP contribution is 1.97. The first-order chi connectivity index (χ1) is 6.99. The van der Waals surface area contributed by atoms with E-state index in [0.717, 1.165) is 13.0 Å². The fourth-order valence-corrected chi connectivity index (χ4v) is 1.16. The van der Waals surface area contributed by atoms with Gasteiger partial charge in [0.1, 0.15) is 0 Å². The molecule has 0 aromatic heterocycles. The predicted molar refractivity (Wildman–Crippen MR) is 61.9 cm³/mol. The minimum Gasteiger partial charge on any atom is -0.380 e. The molecule has 4 heteroatoms. The lowest BCUT2D eigenvalue weighted by Gasteiger charge is -2.20. The summed E-state index contributed by atoms with van der Waals surface area (Å²) in [5.41, 5.74) is 0. The van der Waals surface area contributed by atoms with Gasteiger partial charge in [0.05, 0.1) is 6.10 Å². The first kappa shape index (κ1) is 14.4. The van der Waals surface area contributed by atoms with Crippen LogP contribution in [-0.4, -0.2) is 50.7 Å². The molecule has 0 heterocycles. The molecular formula is C11H24N2O2. The van der Waals surface area contributed by atoms with Crippen LogP contribution in [0.3, 0.4) is 0 Å². The van der Waals surface area contributed by atoms with Gasteiger partial charge in [-0.1, -0.05) is 0 Å². The van der Waals surface area contributed by atoms with E-state index in [1.54, 1.807) is 26.1 Å². The van der Waals surface area contributed by atoms with Crippen molar-refractivity contribution < 1.29 is 9.53 Å². The number of carbonyl (C=O) groups excluding carboxylic acids is 1. The number of carbonyl (C=O) groups is 1. The fourth-order valence-electron chi connectivity index (χ4n) is 1.16. The molecule has 0 aliphatic carbocycles. The normalized spacial score (nSPS) is 14.7. The number of nitrogens with zero attached hydrogens (tertiary/aromatic N) is 1. The van der Waals surface area contributed by atoms with Gasteiger partial charge in [0.15, 0.2) is 0 Å². The van der Waals surface area contributed by atoms with Crippen molar-refractivity contribution >= 4 is 5.91 Å². The molecule has 2 atom stereocenters. The van der Waals surface area contributed by atoms with Gasteiger partial charge in [-0.25, -0.2) is 0 Å². The molecule has 0 rings (SSSR count). The SMILES string of the molecule is COC(C)C(C)NCCCC(=O)N(C)C. The molecular weight excluding hydrogens is 192 g/mol. The Morgan fingerprint density at radius 1 is 1.40 bits per heavy atom. The maximum absolute atomic E-state index is 11.3. The molecule has 0 saturated carbocycles. The maximum Gasteiger partial charge on any atom is 0.222 e. The van der Waals surface area contributed by atoms with Crippen LogP contribution >= 0.6 is 0 Å². The van der Waals surface area contributed by atoms with Crippen LogP contribution in [0.5, 0.6) is 0 Å². The lowest BCUT2D eigenvalue weighted by Crippen LogP contribution is -2.37. The monoisotopic (exact) mass is 216 g/mol. The highest BCUT2D eigenvalue weighted by molar-refractivity contribution is 5.75. The molecule has 0 bridgehead atoms. The van der Waals surface area contributed by atoms with E-state index in [9.17, 15) is 4.79 Å². The molecule has 1 N–H and O–H groups in total. The van der Waals surface area contributed by atoms with Gasteiger partial charge in [-0.3, -0.25) is 4.79 Å². The predicted octanol–water partition coefficient (Wildman–Crippen LogP) is 0.868. The molecule has 4 nitrogen and oxygen atoms in total. The van der Waals surface area contributed by atoms with Gasteiger partial charge in [-0.05, 0) is 26.8 Å². The second kappa shape index (κ2) is 7.65. The Morgan fingerprint density at radius 2 is 2.00 bits per heavy atom. The molecule has 0 radical (unpaired) electrons. The van der Waals surface area contributed by atoms with Crippen LogP contribution in [0.4, 0.5) is 0 Å². The summed E-state index contributed by atoms with van der Waals surface area (Å²) in [4.78, 5) is 12.9. The topological polar surface area (TPSA) is 41.6 Å². The molecule has 0 fully saturated rings. The number of rotatable bonds is 7. The summed E-state index contributed by atoms with van der Waals surface area (Å²) < 4.78 is 5.19. The first-order valence-corrected chi connectivity index (χ1v) is 5.45. The van der Waals surface area contributed by atoms with Gasteiger partial charge in [-0.15, -0.1) is 0 Å². The molecule has 2 unspecified atom stereocenters. The van der Waals surface area contributed by atoms with Crippen LogP contribution in [0.25, 0.3) is 0 Å². The second-order valence-corrected chi connectivity index (χ2v) is 4.08. The van der Waals surface area contributed by atoms with E-state index in [1.807, 2.05) is 6.92 Å². The average molecular weight is 216 g/mol. The van der Waals surface area contributed by atoms with E-state index in [-0.39, 0.29) is 12.0 Å². The number of nitrogens with one attached hydrogen (secondary N) is 1. The lowest BCUT2D eigenvalue weighted by molar-refractivity contribution is -0.128. The standard InChI is InChI=1S/C11H24N2O2/c1-9(10(2)15-5)12-8-6-7-11(14)13(3)4/h9-10,12H,6-8H2,1-5H3. The second-order valence-electron chi connectivity index (χ2n) is 4.08. The number of hydrogen-bond acceptors (Lipinski definition) is 3. The highest BCUT2D eigenvalue weighted by atomic mass is 16.5. The number of ether oxygens (including phenoxy) is 1. The van der Waals surface area contributed by atoms with Crippen molar-refractivity contribution in [3.8, 4) is 0 Å². The minimum absolute atomic E-state index is 0.184. The lowest BCUT2D eigenvalue weighted by atomic mass is 10.2. The third kappa shape index (κ3) is 6.47. The van der Waals surface area contributed by atoms with Crippen molar-refractivity contribution in [2.45, 2.75) is 38.8 Å². The van der Waals surface area contributed by atoms with E-state index in [0.29, 0.717) is 12.5 Å². The van der Waals surface area contributed by atoms with Crippen LogP contribution in [0, 0.1) is 0 Å². The molecule has 90 valence electrons. The van der Waals surface area contributed by atoms with E-state index in [2.05, 4.69) is 12.2 Å². The Labute approximate surface area is 93.0 Å². The highest BCUT2D eigenvalue weighted by Gasteiger charge is 2.10. The average Bonchev–Trinajstić information content (AvgIpc) is 2.22. The first-order valence-electron chi connectivity index (χ1n) is 5.45. The summed E-state index contributed by atoms with van der Waals surface area (Å²) in [6.07, 6.45) is 1.68. The zero-order valence-electron chi connectivity index (χ0n) is 10.5. The van der Waals surface area contributed by atoms with Crippen LogP contribution in [-0.2, 0) is 9.53 Å². The maximum atomic E-state index is 11.3. The van der Waals surface area contributed by atoms with Gasteiger partial charge in [0.2, 0.25) is 5.91 Å². The zero-order valence-corrected chi connectivity index (χ0v) is 10.5. The van der Waals surface area contributed by atoms with E-state index in [4.69, 9.17) is 4.74 Å². The van der Waals surface area contributed by atoms with Crippen molar-refractivity contribution in [2.75, 3.05) is 27.7 Å². The summed E-state index contributed by atoms with van der Waals surface area (Å²) in [5.74, 6) is 0.184. The molecule has 0 saturated heterocycles. The van der Waals surface area contributed by atoms with E-state index in [1.165, 1.54) is 0 Å².